The Bertz CT molecular complexity index is 2330. The average Bonchev–Trinajstić information content (AvgIpc) is 3.97. The summed E-state index contributed by atoms with van der Waals surface area (Å²) in [5.74, 6) is -2.70. The molecule has 1 amide bonds. The van der Waals surface area contributed by atoms with Crippen molar-refractivity contribution in [3.8, 4) is 23.2 Å². The molecule has 0 bridgehead atoms. The van der Waals surface area contributed by atoms with Gasteiger partial charge in [0.05, 0.1) is 27.6 Å². The molecule has 11 nitrogen and oxygen atoms in total. The Kier molecular flexibility index (Phi) is 8.83. The maximum atomic E-state index is 17.3. The van der Waals surface area contributed by atoms with Gasteiger partial charge in [-0.2, -0.15) is 28.4 Å². The van der Waals surface area contributed by atoms with E-state index in [1.807, 2.05) is 11.0 Å². The topological polar surface area (TPSA) is 138 Å². The highest BCUT2D eigenvalue weighted by Gasteiger charge is 2.49. The highest BCUT2D eigenvalue weighted by molar-refractivity contribution is 7.23. The van der Waals surface area contributed by atoms with Crippen LogP contribution in [0, 0.1) is 23.0 Å². The number of nitrogen functional groups attached to an aromatic ring is 1. The summed E-state index contributed by atoms with van der Waals surface area (Å²) in [4.78, 5) is 27.2. The fourth-order valence-corrected chi connectivity index (χ4v) is 9.31. The molecule has 282 valence electrons. The van der Waals surface area contributed by atoms with E-state index >= 15 is 17.6 Å². The number of hydrogen-bond donors (Lipinski definition) is 1. The highest BCUT2D eigenvalue weighted by atomic mass is 32.1. The van der Waals surface area contributed by atoms with Crippen LogP contribution >= 0.6 is 11.3 Å². The molecular weight excluding hydrogens is 739 g/mol. The van der Waals surface area contributed by atoms with Crippen molar-refractivity contribution in [2.24, 2.45) is 0 Å². The molecule has 3 fully saturated rings. The lowest BCUT2D eigenvalue weighted by Gasteiger charge is -2.32. The van der Waals surface area contributed by atoms with Crippen molar-refractivity contribution in [3.63, 3.8) is 0 Å². The predicted octanol–water partition coefficient (Wildman–Crippen LogP) is 6.95. The molecule has 3 saturated heterocycles. The summed E-state index contributed by atoms with van der Waals surface area (Å²) in [5.41, 5.74) is 1.78. The van der Waals surface area contributed by atoms with Crippen LogP contribution in [0.4, 0.5) is 37.2 Å². The first-order valence-corrected chi connectivity index (χ1v) is 18.2. The molecule has 3 aliphatic rings. The number of hydrogen-bond acceptors (Lipinski definition) is 11. The number of amides is 1. The van der Waals surface area contributed by atoms with Crippen molar-refractivity contribution in [1.29, 1.82) is 5.26 Å². The number of ether oxygens (including phenoxy) is 1. The maximum absolute atomic E-state index is 17.3. The van der Waals surface area contributed by atoms with Gasteiger partial charge in [-0.1, -0.05) is 11.2 Å². The summed E-state index contributed by atoms with van der Waals surface area (Å²) in [5, 5.41) is 12.8. The number of nitrogens with two attached hydrogens (primary N) is 1. The number of halogens is 6. The highest BCUT2D eigenvalue weighted by Crippen LogP contribution is 2.48. The predicted molar refractivity (Wildman–Crippen MR) is 187 cm³/mol. The van der Waals surface area contributed by atoms with Gasteiger partial charge >= 0.3 is 12.2 Å². The van der Waals surface area contributed by atoms with Crippen LogP contribution in [0.1, 0.15) is 54.3 Å². The van der Waals surface area contributed by atoms with E-state index in [-0.39, 0.29) is 82.8 Å². The molecule has 0 radical (unpaired) electrons. The van der Waals surface area contributed by atoms with Gasteiger partial charge in [-0.3, -0.25) is 9.69 Å². The van der Waals surface area contributed by atoms with E-state index in [2.05, 4.69) is 15.1 Å². The Morgan fingerprint density at radius 2 is 2.04 bits per heavy atom. The van der Waals surface area contributed by atoms with E-state index in [9.17, 15) is 18.8 Å². The zero-order valence-electron chi connectivity index (χ0n) is 28.7. The molecule has 2 aromatic carbocycles. The average molecular weight is 771 g/mol. The smallest absolute Gasteiger partial charge is 0.417 e. The van der Waals surface area contributed by atoms with Crippen LogP contribution in [-0.4, -0.2) is 87.9 Å². The number of anilines is 2. The molecule has 0 saturated carbocycles. The van der Waals surface area contributed by atoms with E-state index in [1.165, 1.54) is 17.2 Å². The van der Waals surface area contributed by atoms with Crippen molar-refractivity contribution in [3.05, 3.63) is 59.0 Å². The quantitative estimate of drug-likeness (QED) is 0.165. The Balaban J connectivity index is 1.31. The van der Waals surface area contributed by atoms with Crippen molar-refractivity contribution in [2.75, 3.05) is 50.0 Å². The first-order chi connectivity index (χ1) is 25.8. The number of carbonyl (C=O) groups excluding carboxylic acids is 1. The number of fused-ring (bicyclic) bond motifs is 3. The monoisotopic (exact) mass is 770 g/mol. The lowest BCUT2D eigenvalue weighted by atomic mass is 9.92. The van der Waals surface area contributed by atoms with Gasteiger partial charge in [-0.25, -0.2) is 13.2 Å². The van der Waals surface area contributed by atoms with Crippen molar-refractivity contribution >= 4 is 49.1 Å². The Hall–Kier alpha value is -5.15. The third-order valence-electron chi connectivity index (χ3n) is 10.8. The molecule has 18 heteroatoms. The van der Waals surface area contributed by atoms with Crippen molar-refractivity contribution < 1.29 is 40.4 Å². The first kappa shape index (κ1) is 35.9. The normalized spacial score (nSPS) is 21.6. The molecule has 8 rings (SSSR count). The van der Waals surface area contributed by atoms with Crippen LogP contribution in [-0.2, 0) is 6.18 Å². The largest absolute Gasteiger partial charge is 0.461 e. The molecule has 0 aliphatic carbocycles. The second kappa shape index (κ2) is 13.3. The van der Waals surface area contributed by atoms with Gasteiger partial charge in [0.25, 0.3) is 5.91 Å². The number of aromatic nitrogens is 3. The molecule has 3 aliphatic heterocycles. The third kappa shape index (κ3) is 5.84. The number of alkyl halides is 4. The molecule has 3 aromatic heterocycles. The SMILES string of the molecule is CCN(c1nc(OC[C@@]23CCCN2C[C@H](F)C3)nc2c(F)c(-c3ccc(F)c4sc(N)c(C#N)c34)c(C(F)(F)F)cc12)[C@H]1CCN(C(=O)c2ccno2)C1. The number of nitrogens with zero attached hydrogens (tertiary/aromatic N) is 7. The Morgan fingerprint density at radius 3 is 2.76 bits per heavy atom. The molecule has 5 aromatic rings. The lowest BCUT2D eigenvalue weighted by molar-refractivity contribution is -0.137. The van der Waals surface area contributed by atoms with Gasteiger partial charge < -0.3 is 24.8 Å². The molecule has 0 spiro atoms. The summed E-state index contributed by atoms with van der Waals surface area (Å²) in [6, 6.07) is 5.08. The number of benzene rings is 2. The Morgan fingerprint density at radius 1 is 1.22 bits per heavy atom. The minimum atomic E-state index is -5.15. The minimum Gasteiger partial charge on any atom is -0.461 e. The van der Waals surface area contributed by atoms with Gasteiger partial charge in [0.1, 0.15) is 41.0 Å². The van der Waals surface area contributed by atoms with Crippen molar-refractivity contribution in [2.45, 2.75) is 56.5 Å². The number of likely N-dealkylation sites (N-methyl/N-ethyl adjacent to an activating group) is 1. The minimum absolute atomic E-state index is 0.0240. The molecule has 54 heavy (non-hydrogen) atoms. The van der Waals surface area contributed by atoms with Crippen LogP contribution in [0.15, 0.2) is 35.0 Å². The number of thiophene rings is 1. The summed E-state index contributed by atoms with van der Waals surface area (Å²) >= 11 is 0.671. The third-order valence-corrected chi connectivity index (χ3v) is 11.8. The zero-order chi connectivity index (χ0) is 38.1. The standard InChI is InChI=1S/C36H32F6N8O3S/c1-2-50(19-7-11-48(16-19)33(51)25-6-9-45-53-25)32-21-12-23(36(40,41)42)27(20-4-5-24(38)30-26(20)22(14-43)31(44)54-30)28(39)29(21)46-34(47-32)52-17-35-8-3-10-49(35)15-18(37)13-35/h4-6,9,12,18-19H,2-3,7-8,10-11,13,15-17,44H2,1H3/t18-,19+,35+/m1/s1. The summed E-state index contributed by atoms with van der Waals surface area (Å²) in [7, 11) is 0. The van der Waals surface area contributed by atoms with Crippen LogP contribution in [0.5, 0.6) is 6.01 Å². The van der Waals surface area contributed by atoms with E-state index < -0.39 is 63.7 Å². The second-order valence-electron chi connectivity index (χ2n) is 13.8. The van der Waals surface area contributed by atoms with E-state index in [0.29, 0.717) is 30.7 Å². The van der Waals surface area contributed by atoms with Gasteiger partial charge in [0.2, 0.25) is 5.76 Å². The Labute approximate surface area is 307 Å². The molecule has 6 heterocycles. The fraction of sp³-hybridized carbons (Fsp3) is 0.417. The van der Waals surface area contributed by atoms with Gasteiger partial charge in [-0.15, -0.1) is 11.3 Å². The second-order valence-corrected chi connectivity index (χ2v) is 14.9. The summed E-state index contributed by atoms with van der Waals surface area (Å²) in [6.45, 7) is 3.23. The molecular formula is C36H32F6N8O3S. The van der Waals surface area contributed by atoms with Crippen molar-refractivity contribution in [1.82, 2.24) is 24.9 Å². The van der Waals surface area contributed by atoms with Gasteiger partial charge in [-0.05, 0) is 50.4 Å². The van der Waals surface area contributed by atoms with Crippen LogP contribution in [0.3, 0.4) is 0 Å². The number of carbonyl (C=O) groups is 1. The lowest BCUT2D eigenvalue weighted by Crippen LogP contribution is -2.43. The van der Waals surface area contributed by atoms with E-state index in [0.717, 1.165) is 24.6 Å². The summed E-state index contributed by atoms with van der Waals surface area (Å²) < 4.78 is 103. The van der Waals surface area contributed by atoms with Gasteiger partial charge in [0.15, 0.2) is 5.82 Å². The number of nitriles is 1. The number of rotatable bonds is 8. The maximum Gasteiger partial charge on any atom is 0.417 e. The van der Waals surface area contributed by atoms with Crippen LogP contribution in [0.2, 0.25) is 0 Å². The van der Waals surface area contributed by atoms with E-state index in [1.54, 1.807) is 11.8 Å². The van der Waals surface area contributed by atoms with Crippen LogP contribution < -0.4 is 15.4 Å². The number of likely N-dealkylation sites (tertiary alicyclic amines) is 1. The zero-order valence-corrected chi connectivity index (χ0v) is 29.5. The van der Waals surface area contributed by atoms with E-state index in [4.69, 9.17) is 15.0 Å². The fourth-order valence-electron chi connectivity index (χ4n) is 8.36. The first-order valence-electron chi connectivity index (χ1n) is 17.3. The molecule has 2 N–H and O–H groups in total. The van der Waals surface area contributed by atoms with Crippen LogP contribution in [0.25, 0.3) is 32.1 Å². The van der Waals surface area contributed by atoms with Gasteiger partial charge in [0, 0.05) is 61.0 Å². The molecule has 3 atom stereocenters. The molecule has 0 unspecified atom stereocenters. The summed E-state index contributed by atoms with van der Waals surface area (Å²) in [6.07, 6.45) is -2.81.